The summed E-state index contributed by atoms with van der Waals surface area (Å²) in [7, 11) is 0. The van der Waals surface area contributed by atoms with Crippen molar-refractivity contribution < 1.29 is 19.5 Å². The lowest BCUT2D eigenvalue weighted by atomic mass is 10.1. The average molecular weight is 275 g/mol. The summed E-state index contributed by atoms with van der Waals surface area (Å²) in [6.07, 6.45) is 2.74. The van der Waals surface area contributed by atoms with Crippen LogP contribution in [-0.2, 0) is 9.59 Å². The number of nitrogens with zero attached hydrogens (tertiary/aromatic N) is 1. The lowest BCUT2D eigenvalue weighted by molar-refractivity contribution is -0.139. The Morgan fingerprint density at radius 2 is 1.85 bits per heavy atom. The number of carboxylic acids is 1. The standard InChI is InChI=1S/C13H13N3O4/c1-2-7-14-11(17)12(18)16-15-8-9-3-5-10(6-4-9)13(19)20/h2-6,8H,1,7H2,(H,14,17)(H,16,18)(H,19,20)/b15-8+. The molecule has 0 atom stereocenters. The molecule has 0 aliphatic heterocycles. The maximum atomic E-state index is 11.2. The summed E-state index contributed by atoms with van der Waals surface area (Å²) in [5.74, 6) is -2.74. The molecule has 1 aromatic rings. The van der Waals surface area contributed by atoms with Gasteiger partial charge in [0.15, 0.2) is 0 Å². The summed E-state index contributed by atoms with van der Waals surface area (Å²) < 4.78 is 0. The molecule has 0 aliphatic carbocycles. The van der Waals surface area contributed by atoms with Crippen LogP contribution in [-0.4, -0.2) is 35.6 Å². The molecule has 7 heteroatoms. The first-order valence-corrected chi connectivity index (χ1v) is 5.60. The number of amides is 2. The second-order valence-corrected chi connectivity index (χ2v) is 3.62. The van der Waals surface area contributed by atoms with Crippen LogP contribution in [0.1, 0.15) is 15.9 Å². The van der Waals surface area contributed by atoms with Crippen molar-refractivity contribution in [3.8, 4) is 0 Å². The van der Waals surface area contributed by atoms with Crippen molar-refractivity contribution in [2.75, 3.05) is 6.54 Å². The quantitative estimate of drug-likeness (QED) is 0.307. The molecule has 0 heterocycles. The molecular formula is C13H13N3O4. The predicted molar refractivity (Wildman–Crippen MR) is 72.3 cm³/mol. The van der Waals surface area contributed by atoms with Crippen LogP contribution < -0.4 is 10.7 Å². The molecule has 0 bridgehead atoms. The van der Waals surface area contributed by atoms with Crippen LogP contribution in [0.15, 0.2) is 42.0 Å². The summed E-state index contributed by atoms with van der Waals surface area (Å²) in [5.41, 5.74) is 2.78. The van der Waals surface area contributed by atoms with E-state index < -0.39 is 17.8 Å². The molecule has 0 spiro atoms. The molecule has 2 amide bonds. The summed E-state index contributed by atoms with van der Waals surface area (Å²) in [5, 5.41) is 14.6. The molecule has 0 aliphatic rings. The van der Waals surface area contributed by atoms with Gasteiger partial charge in [-0.05, 0) is 17.7 Å². The van der Waals surface area contributed by atoms with Gasteiger partial charge in [-0.25, -0.2) is 10.2 Å². The number of hydrazone groups is 1. The largest absolute Gasteiger partial charge is 0.478 e. The lowest BCUT2D eigenvalue weighted by Crippen LogP contribution is -2.37. The number of nitrogens with one attached hydrogen (secondary N) is 2. The van der Waals surface area contributed by atoms with Crippen molar-refractivity contribution in [3.63, 3.8) is 0 Å². The van der Waals surface area contributed by atoms with Crippen LogP contribution in [0.25, 0.3) is 0 Å². The molecule has 0 fully saturated rings. The predicted octanol–water partition coefficient (Wildman–Crippen LogP) is 0.137. The van der Waals surface area contributed by atoms with Crippen LogP contribution in [0.5, 0.6) is 0 Å². The molecule has 7 nitrogen and oxygen atoms in total. The van der Waals surface area contributed by atoms with Crippen molar-refractivity contribution in [2.45, 2.75) is 0 Å². The van der Waals surface area contributed by atoms with Gasteiger partial charge in [-0.1, -0.05) is 18.2 Å². The van der Waals surface area contributed by atoms with Gasteiger partial charge in [-0.2, -0.15) is 5.10 Å². The van der Waals surface area contributed by atoms with Crippen LogP contribution in [0.3, 0.4) is 0 Å². The van der Waals surface area contributed by atoms with Gasteiger partial charge >= 0.3 is 17.8 Å². The van der Waals surface area contributed by atoms with E-state index in [0.717, 1.165) is 0 Å². The topological polar surface area (TPSA) is 108 Å². The highest BCUT2D eigenvalue weighted by Gasteiger charge is 2.10. The van der Waals surface area contributed by atoms with Gasteiger partial charge in [0.25, 0.3) is 0 Å². The Kier molecular flexibility index (Phi) is 5.64. The SMILES string of the molecule is C=CCNC(=O)C(=O)N/N=C/c1ccc(C(=O)O)cc1. The molecule has 0 aromatic heterocycles. The normalized spacial score (nSPS) is 10.0. The Balaban J connectivity index is 2.52. The minimum atomic E-state index is -1.03. The molecule has 0 radical (unpaired) electrons. The summed E-state index contributed by atoms with van der Waals surface area (Å²) in [4.78, 5) is 33.0. The Hall–Kier alpha value is -2.96. The summed E-state index contributed by atoms with van der Waals surface area (Å²) in [6.45, 7) is 3.58. The third-order valence-corrected chi connectivity index (χ3v) is 2.15. The zero-order valence-corrected chi connectivity index (χ0v) is 10.5. The van der Waals surface area contributed by atoms with Crippen molar-refractivity contribution in [2.24, 2.45) is 5.10 Å². The van der Waals surface area contributed by atoms with E-state index in [9.17, 15) is 14.4 Å². The molecular weight excluding hydrogens is 262 g/mol. The van der Waals surface area contributed by atoms with Crippen molar-refractivity contribution in [1.82, 2.24) is 10.7 Å². The highest BCUT2D eigenvalue weighted by Crippen LogP contribution is 2.01. The van der Waals surface area contributed by atoms with E-state index in [2.05, 4.69) is 17.0 Å². The van der Waals surface area contributed by atoms with Gasteiger partial charge in [0.2, 0.25) is 0 Å². The zero-order valence-electron chi connectivity index (χ0n) is 10.5. The number of carbonyl (C=O) groups is 3. The van der Waals surface area contributed by atoms with Gasteiger partial charge < -0.3 is 10.4 Å². The van der Waals surface area contributed by atoms with Gasteiger partial charge in [0, 0.05) is 6.54 Å². The van der Waals surface area contributed by atoms with Crippen LogP contribution >= 0.6 is 0 Å². The second-order valence-electron chi connectivity index (χ2n) is 3.62. The van der Waals surface area contributed by atoms with E-state index in [1.165, 1.54) is 36.6 Å². The number of hydrogen-bond donors (Lipinski definition) is 3. The number of carboxylic acid groups (broad SMARTS) is 1. The van der Waals surface area contributed by atoms with E-state index >= 15 is 0 Å². The fourth-order valence-electron chi connectivity index (χ4n) is 1.17. The van der Waals surface area contributed by atoms with Crippen LogP contribution in [0, 0.1) is 0 Å². The maximum Gasteiger partial charge on any atom is 0.335 e. The highest BCUT2D eigenvalue weighted by atomic mass is 16.4. The smallest absolute Gasteiger partial charge is 0.335 e. The molecule has 1 rings (SSSR count). The average Bonchev–Trinajstić information content (AvgIpc) is 2.45. The number of hydrogen-bond acceptors (Lipinski definition) is 4. The Morgan fingerprint density at radius 3 is 2.40 bits per heavy atom. The second kappa shape index (κ2) is 7.47. The van der Waals surface area contributed by atoms with E-state index in [0.29, 0.717) is 5.56 Å². The maximum absolute atomic E-state index is 11.2. The molecule has 20 heavy (non-hydrogen) atoms. The van der Waals surface area contributed by atoms with Crippen LogP contribution in [0.4, 0.5) is 0 Å². The van der Waals surface area contributed by atoms with E-state index in [4.69, 9.17) is 5.11 Å². The van der Waals surface area contributed by atoms with E-state index in [1.54, 1.807) is 0 Å². The third kappa shape index (κ3) is 4.73. The minimum Gasteiger partial charge on any atom is -0.478 e. The minimum absolute atomic E-state index is 0.148. The van der Waals surface area contributed by atoms with Crippen molar-refractivity contribution in [1.29, 1.82) is 0 Å². The monoisotopic (exact) mass is 275 g/mol. The van der Waals surface area contributed by atoms with Crippen molar-refractivity contribution >= 4 is 24.0 Å². The summed E-state index contributed by atoms with van der Waals surface area (Å²) >= 11 is 0. The van der Waals surface area contributed by atoms with E-state index in [1.807, 2.05) is 5.43 Å². The van der Waals surface area contributed by atoms with Crippen molar-refractivity contribution in [3.05, 3.63) is 48.0 Å². The third-order valence-electron chi connectivity index (χ3n) is 2.15. The van der Waals surface area contributed by atoms with Crippen LogP contribution in [0.2, 0.25) is 0 Å². The molecule has 104 valence electrons. The highest BCUT2D eigenvalue weighted by molar-refractivity contribution is 6.35. The fraction of sp³-hybridized carbons (Fsp3) is 0.0769. The van der Waals surface area contributed by atoms with Gasteiger partial charge in [0.1, 0.15) is 0 Å². The number of carbonyl (C=O) groups excluding carboxylic acids is 2. The molecule has 1 aromatic carbocycles. The molecule has 0 unspecified atom stereocenters. The first kappa shape index (κ1) is 15.1. The first-order chi connectivity index (χ1) is 9.54. The van der Waals surface area contributed by atoms with Gasteiger partial charge in [0.05, 0.1) is 11.8 Å². The number of rotatable bonds is 5. The van der Waals surface area contributed by atoms with Gasteiger partial charge in [-0.3, -0.25) is 9.59 Å². The summed E-state index contributed by atoms with van der Waals surface area (Å²) in [6, 6.07) is 5.86. The zero-order chi connectivity index (χ0) is 15.0. The van der Waals surface area contributed by atoms with E-state index in [-0.39, 0.29) is 12.1 Å². The fourth-order valence-corrected chi connectivity index (χ4v) is 1.17. The molecule has 0 saturated carbocycles. The Labute approximate surface area is 115 Å². The Morgan fingerprint density at radius 1 is 1.20 bits per heavy atom. The number of aromatic carboxylic acids is 1. The van der Waals surface area contributed by atoms with Gasteiger partial charge in [-0.15, -0.1) is 6.58 Å². The Bertz CT molecular complexity index is 549. The number of benzene rings is 1. The molecule has 0 saturated heterocycles. The molecule has 3 N–H and O–H groups in total. The lowest BCUT2D eigenvalue weighted by Gasteiger charge is -2.00. The first-order valence-electron chi connectivity index (χ1n) is 5.60.